The van der Waals surface area contributed by atoms with E-state index in [1.165, 1.54) is 11.0 Å². The van der Waals surface area contributed by atoms with Gasteiger partial charge in [0.1, 0.15) is 13.1 Å². The number of hydrogen-bond donors (Lipinski definition) is 0. The molecule has 56 valence electrons. The topological polar surface area (TPSA) is 39.9 Å². The van der Waals surface area contributed by atoms with Crippen molar-refractivity contribution in [1.82, 2.24) is 14.8 Å². The van der Waals surface area contributed by atoms with Gasteiger partial charge in [-0.25, -0.2) is 9.67 Å². The Labute approximate surface area is 63.8 Å². The third kappa shape index (κ3) is 1.97. The van der Waals surface area contributed by atoms with Gasteiger partial charge >= 0.3 is 0 Å². The second kappa shape index (κ2) is 3.53. The van der Waals surface area contributed by atoms with Crippen molar-refractivity contribution in [3.8, 4) is 0 Å². The Morgan fingerprint density at radius 3 is 3.10 bits per heavy atom. The fourth-order valence-corrected chi connectivity index (χ4v) is 0.660. The number of halogens is 1. The molecule has 0 aliphatic heterocycles. The fourth-order valence-electron chi connectivity index (χ4n) is 0.519. The first-order chi connectivity index (χ1) is 4.83. The summed E-state index contributed by atoms with van der Waals surface area (Å²) < 4.78 is 6.57. The van der Waals surface area contributed by atoms with Gasteiger partial charge in [0.05, 0.1) is 0 Å². The molecular weight excluding hydrogens is 154 g/mol. The summed E-state index contributed by atoms with van der Waals surface area (Å²) in [6.45, 7) is 2.99. The molecule has 0 spiro atoms. The maximum Gasteiger partial charge on any atom is 0.242 e. The highest BCUT2D eigenvalue weighted by atomic mass is 35.5. The van der Waals surface area contributed by atoms with E-state index in [1.54, 1.807) is 0 Å². The Morgan fingerprint density at radius 2 is 2.60 bits per heavy atom. The van der Waals surface area contributed by atoms with Crippen LogP contribution in [0.4, 0.5) is 0 Å². The van der Waals surface area contributed by atoms with Gasteiger partial charge in [0.2, 0.25) is 5.28 Å². The average Bonchev–Trinajstić information content (AvgIpc) is 2.31. The third-order valence-electron chi connectivity index (χ3n) is 0.936. The summed E-state index contributed by atoms with van der Waals surface area (Å²) >= 11 is 5.44. The van der Waals surface area contributed by atoms with Crippen molar-refractivity contribution in [1.29, 1.82) is 0 Å². The first-order valence-corrected chi connectivity index (χ1v) is 3.33. The number of nitrogens with zero attached hydrogens (tertiary/aromatic N) is 3. The minimum absolute atomic E-state index is 0.250. The van der Waals surface area contributed by atoms with Crippen LogP contribution >= 0.6 is 11.6 Å². The summed E-state index contributed by atoms with van der Waals surface area (Å²) in [5, 5.41) is 4.04. The van der Waals surface area contributed by atoms with Crippen molar-refractivity contribution in [3.05, 3.63) is 11.6 Å². The van der Waals surface area contributed by atoms with E-state index in [0.29, 0.717) is 13.3 Å². The van der Waals surface area contributed by atoms with Gasteiger partial charge in [-0.05, 0) is 18.5 Å². The van der Waals surface area contributed by atoms with Crippen LogP contribution in [0.15, 0.2) is 6.33 Å². The fraction of sp³-hybridized carbons (Fsp3) is 0.600. The van der Waals surface area contributed by atoms with Crippen LogP contribution in [0.5, 0.6) is 0 Å². The normalized spacial score (nSPS) is 10.2. The van der Waals surface area contributed by atoms with E-state index in [-0.39, 0.29) is 5.28 Å². The van der Waals surface area contributed by atoms with E-state index in [1.807, 2.05) is 6.92 Å². The van der Waals surface area contributed by atoms with Crippen LogP contribution in [0.2, 0.25) is 5.28 Å². The zero-order valence-electron chi connectivity index (χ0n) is 5.62. The molecule has 1 aromatic rings. The summed E-state index contributed by atoms with van der Waals surface area (Å²) in [4.78, 5) is 3.71. The molecule has 1 rings (SSSR count). The summed E-state index contributed by atoms with van der Waals surface area (Å²) in [5.41, 5.74) is 0. The maximum absolute atomic E-state index is 5.44. The molecule has 0 radical (unpaired) electrons. The molecule has 0 fully saturated rings. The van der Waals surface area contributed by atoms with E-state index in [0.717, 1.165) is 0 Å². The Bertz CT molecular complexity index is 201. The summed E-state index contributed by atoms with van der Waals surface area (Å²) in [6, 6.07) is 0. The minimum atomic E-state index is 0.250. The van der Waals surface area contributed by atoms with Crippen molar-refractivity contribution in [3.63, 3.8) is 0 Å². The smallest absolute Gasteiger partial charge is 0.242 e. The molecule has 1 aromatic heterocycles. The number of hydrogen-bond acceptors (Lipinski definition) is 3. The lowest BCUT2D eigenvalue weighted by Crippen LogP contribution is -2.02. The van der Waals surface area contributed by atoms with Crippen molar-refractivity contribution in [2.24, 2.45) is 0 Å². The molecular formula is C5H8ClN3O. The van der Waals surface area contributed by atoms with E-state index >= 15 is 0 Å². The van der Waals surface area contributed by atoms with Gasteiger partial charge in [-0.1, -0.05) is 0 Å². The van der Waals surface area contributed by atoms with Gasteiger partial charge in [-0.15, -0.1) is 5.10 Å². The lowest BCUT2D eigenvalue weighted by atomic mass is 10.9. The standard InChI is InChI=1S/C5H8ClN3O/c1-2-10-4-9-3-7-5(6)8-9/h3H,2,4H2,1H3. The Kier molecular flexibility index (Phi) is 2.65. The Balaban J connectivity index is 2.42. The van der Waals surface area contributed by atoms with Crippen LogP contribution in [-0.4, -0.2) is 21.4 Å². The molecule has 10 heavy (non-hydrogen) atoms. The molecule has 0 saturated carbocycles. The van der Waals surface area contributed by atoms with E-state index in [4.69, 9.17) is 16.3 Å². The first kappa shape index (κ1) is 7.50. The Morgan fingerprint density at radius 1 is 1.80 bits per heavy atom. The van der Waals surface area contributed by atoms with Gasteiger partial charge < -0.3 is 4.74 Å². The van der Waals surface area contributed by atoms with E-state index in [9.17, 15) is 0 Å². The van der Waals surface area contributed by atoms with Crippen molar-refractivity contribution in [2.45, 2.75) is 13.7 Å². The maximum atomic E-state index is 5.44. The second-order valence-corrected chi connectivity index (χ2v) is 2.01. The monoisotopic (exact) mass is 161 g/mol. The molecule has 0 aliphatic rings. The molecule has 0 bridgehead atoms. The van der Waals surface area contributed by atoms with Crippen LogP contribution in [0.1, 0.15) is 6.92 Å². The number of rotatable bonds is 3. The SMILES string of the molecule is CCOCn1cnc(Cl)n1. The van der Waals surface area contributed by atoms with Crippen molar-refractivity contribution in [2.75, 3.05) is 6.61 Å². The Hall–Kier alpha value is -0.610. The lowest BCUT2D eigenvalue weighted by Gasteiger charge is -1.97. The highest BCUT2D eigenvalue weighted by Gasteiger charge is 1.93. The molecule has 0 unspecified atom stereocenters. The molecule has 4 nitrogen and oxygen atoms in total. The molecule has 0 saturated heterocycles. The number of ether oxygens (including phenoxy) is 1. The average molecular weight is 162 g/mol. The van der Waals surface area contributed by atoms with Crippen LogP contribution in [-0.2, 0) is 11.5 Å². The van der Waals surface area contributed by atoms with Gasteiger partial charge in [0, 0.05) is 6.61 Å². The predicted octanol–water partition coefficient (Wildman–Crippen LogP) is 0.925. The number of aromatic nitrogens is 3. The highest BCUT2D eigenvalue weighted by Crippen LogP contribution is 1.96. The quantitative estimate of drug-likeness (QED) is 0.662. The molecule has 1 heterocycles. The van der Waals surface area contributed by atoms with E-state index in [2.05, 4.69) is 10.1 Å². The molecule has 0 amide bonds. The molecule has 0 atom stereocenters. The van der Waals surface area contributed by atoms with Crippen molar-refractivity contribution < 1.29 is 4.74 Å². The van der Waals surface area contributed by atoms with E-state index < -0.39 is 0 Å². The zero-order chi connectivity index (χ0) is 7.40. The summed E-state index contributed by atoms with van der Waals surface area (Å²) in [5.74, 6) is 0. The molecule has 0 aliphatic carbocycles. The van der Waals surface area contributed by atoms with Crippen LogP contribution in [0.3, 0.4) is 0 Å². The van der Waals surface area contributed by atoms with Crippen LogP contribution in [0.25, 0.3) is 0 Å². The second-order valence-electron chi connectivity index (χ2n) is 1.67. The third-order valence-corrected chi connectivity index (χ3v) is 1.11. The lowest BCUT2D eigenvalue weighted by molar-refractivity contribution is 0.0789. The van der Waals surface area contributed by atoms with Gasteiger partial charge in [0.15, 0.2) is 0 Å². The largest absolute Gasteiger partial charge is 0.359 e. The van der Waals surface area contributed by atoms with Crippen LogP contribution < -0.4 is 0 Å². The van der Waals surface area contributed by atoms with Gasteiger partial charge in [-0.3, -0.25) is 0 Å². The molecule has 0 aromatic carbocycles. The van der Waals surface area contributed by atoms with Crippen LogP contribution in [0, 0.1) is 0 Å². The predicted molar refractivity (Wildman–Crippen MR) is 36.7 cm³/mol. The van der Waals surface area contributed by atoms with Crippen molar-refractivity contribution >= 4 is 11.6 Å². The minimum Gasteiger partial charge on any atom is -0.359 e. The first-order valence-electron chi connectivity index (χ1n) is 2.95. The summed E-state index contributed by atoms with van der Waals surface area (Å²) in [7, 11) is 0. The summed E-state index contributed by atoms with van der Waals surface area (Å²) in [6.07, 6.45) is 1.53. The van der Waals surface area contributed by atoms with Gasteiger partial charge in [-0.2, -0.15) is 0 Å². The highest BCUT2D eigenvalue weighted by molar-refractivity contribution is 6.28. The molecule has 5 heteroatoms. The van der Waals surface area contributed by atoms with Gasteiger partial charge in [0.25, 0.3) is 0 Å². The zero-order valence-corrected chi connectivity index (χ0v) is 6.38. The molecule has 0 N–H and O–H groups in total.